The van der Waals surface area contributed by atoms with Gasteiger partial charge in [0.05, 0.1) is 6.42 Å². The SMILES string of the molecule is O=C(Cc1cccs1)N[C@@H]1C[C@H]2CC[C@@H]1C2. The molecule has 2 aliphatic carbocycles. The van der Waals surface area contributed by atoms with Gasteiger partial charge in [0, 0.05) is 10.9 Å². The summed E-state index contributed by atoms with van der Waals surface area (Å²) in [5, 5.41) is 5.24. The Hall–Kier alpha value is -0.830. The Morgan fingerprint density at radius 1 is 1.44 bits per heavy atom. The maximum Gasteiger partial charge on any atom is 0.225 e. The molecule has 3 rings (SSSR count). The number of carbonyl (C=O) groups excluding carboxylic acids is 1. The lowest BCUT2D eigenvalue weighted by atomic mass is 9.95. The van der Waals surface area contributed by atoms with Crippen LogP contribution in [0.4, 0.5) is 0 Å². The van der Waals surface area contributed by atoms with Crippen molar-refractivity contribution in [2.45, 2.75) is 38.1 Å². The minimum Gasteiger partial charge on any atom is -0.353 e. The van der Waals surface area contributed by atoms with E-state index in [1.54, 1.807) is 11.3 Å². The van der Waals surface area contributed by atoms with Crippen molar-refractivity contribution in [2.24, 2.45) is 11.8 Å². The summed E-state index contributed by atoms with van der Waals surface area (Å²) in [5.41, 5.74) is 0. The normalized spacial score (nSPS) is 31.9. The third kappa shape index (κ3) is 2.01. The van der Waals surface area contributed by atoms with Crippen LogP contribution in [0.15, 0.2) is 17.5 Å². The van der Waals surface area contributed by atoms with Crippen molar-refractivity contribution in [3.63, 3.8) is 0 Å². The monoisotopic (exact) mass is 235 g/mol. The van der Waals surface area contributed by atoms with Gasteiger partial charge in [-0.1, -0.05) is 12.5 Å². The van der Waals surface area contributed by atoms with Gasteiger partial charge in [-0.05, 0) is 42.5 Å². The van der Waals surface area contributed by atoms with Crippen molar-refractivity contribution in [3.8, 4) is 0 Å². The number of carbonyl (C=O) groups is 1. The fourth-order valence-electron chi connectivity index (χ4n) is 3.25. The van der Waals surface area contributed by atoms with Crippen LogP contribution in [0.1, 0.15) is 30.6 Å². The number of rotatable bonds is 3. The second kappa shape index (κ2) is 4.21. The van der Waals surface area contributed by atoms with Gasteiger partial charge in [0.2, 0.25) is 5.91 Å². The van der Waals surface area contributed by atoms with E-state index in [1.807, 2.05) is 17.5 Å². The van der Waals surface area contributed by atoms with Gasteiger partial charge < -0.3 is 5.32 Å². The molecule has 0 aliphatic heterocycles. The van der Waals surface area contributed by atoms with Crippen LogP contribution in [0.5, 0.6) is 0 Å². The summed E-state index contributed by atoms with van der Waals surface area (Å²) in [6.45, 7) is 0. The maximum atomic E-state index is 11.8. The second-order valence-electron chi connectivity index (χ2n) is 5.11. The van der Waals surface area contributed by atoms with Crippen LogP contribution in [0.2, 0.25) is 0 Å². The average Bonchev–Trinajstić information content (AvgIpc) is 2.92. The van der Waals surface area contributed by atoms with E-state index in [9.17, 15) is 4.79 Å². The largest absolute Gasteiger partial charge is 0.353 e. The molecule has 0 unspecified atom stereocenters. The smallest absolute Gasteiger partial charge is 0.225 e. The van der Waals surface area contributed by atoms with Crippen LogP contribution in [0.25, 0.3) is 0 Å². The molecule has 2 nitrogen and oxygen atoms in total. The zero-order valence-corrected chi connectivity index (χ0v) is 10.1. The summed E-state index contributed by atoms with van der Waals surface area (Å²) in [6.07, 6.45) is 5.85. The first-order valence-corrected chi connectivity index (χ1v) is 7.01. The van der Waals surface area contributed by atoms with Gasteiger partial charge in [0.15, 0.2) is 0 Å². The van der Waals surface area contributed by atoms with E-state index in [0.717, 1.165) is 11.8 Å². The van der Waals surface area contributed by atoms with E-state index in [-0.39, 0.29) is 5.91 Å². The molecule has 2 saturated carbocycles. The maximum absolute atomic E-state index is 11.8. The highest BCUT2D eigenvalue weighted by Crippen LogP contribution is 2.44. The van der Waals surface area contributed by atoms with Gasteiger partial charge in [0.25, 0.3) is 0 Å². The lowest BCUT2D eigenvalue weighted by molar-refractivity contribution is -0.121. The lowest BCUT2D eigenvalue weighted by Crippen LogP contribution is -2.39. The molecule has 0 radical (unpaired) electrons. The molecule has 1 heterocycles. The van der Waals surface area contributed by atoms with Crippen molar-refractivity contribution >= 4 is 17.2 Å². The molecular formula is C13H17NOS. The molecule has 2 bridgehead atoms. The number of thiophene rings is 1. The van der Waals surface area contributed by atoms with E-state index >= 15 is 0 Å². The predicted molar refractivity (Wildman–Crippen MR) is 65.4 cm³/mol. The third-order valence-corrected chi connectivity index (χ3v) is 4.88. The van der Waals surface area contributed by atoms with E-state index in [1.165, 1.54) is 30.6 Å². The molecule has 1 N–H and O–H groups in total. The number of nitrogens with one attached hydrogen (secondary N) is 1. The van der Waals surface area contributed by atoms with Crippen molar-refractivity contribution in [1.82, 2.24) is 5.32 Å². The lowest BCUT2D eigenvalue weighted by Gasteiger charge is -2.22. The molecule has 3 heteroatoms. The van der Waals surface area contributed by atoms with Gasteiger partial charge >= 0.3 is 0 Å². The number of hydrogen-bond donors (Lipinski definition) is 1. The summed E-state index contributed by atoms with van der Waals surface area (Å²) >= 11 is 1.66. The number of fused-ring (bicyclic) bond motifs is 2. The predicted octanol–water partition coefficient (Wildman–Crippen LogP) is 2.60. The highest BCUT2D eigenvalue weighted by Gasteiger charge is 2.39. The molecule has 2 fully saturated rings. The topological polar surface area (TPSA) is 29.1 Å². The molecule has 2 aliphatic rings. The third-order valence-electron chi connectivity index (χ3n) is 4.00. The highest BCUT2D eigenvalue weighted by molar-refractivity contribution is 7.10. The molecule has 86 valence electrons. The van der Waals surface area contributed by atoms with Crippen LogP contribution in [0, 0.1) is 11.8 Å². The molecule has 1 amide bonds. The highest BCUT2D eigenvalue weighted by atomic mass is 32.1. The summed E-state index contributed by atoms with van der Waals surface area (Å²) < 4.78 is 0. The molecular weight excluding hydrogens is 218 g/mol. The van der Waals surface area contributed by atoms with Gasteiger partial charge in [-0.15, -0.1) is 11.3 Å². The van der Waals surface area contributed by atoms with Gasteiger partial charge in [0.1, 0.15) is 0 Å². The van der Waals surface area contributed by atoms with Gasteiger partial charge in [-0.2, -0.15) is 0 Å². The molecule has 3 atom stereocenters. The zero-order chi connectivity index (χ0) is 11.0. The first-order chi connectivity index (χ1) is 7.81. The van der Waals surface area contributed by atoms with Crippen LogP contribution < -0.4 is 5.32 Å². The van der Waals surface area contributed by atoms with E-state index in [0.29, 0.717) is 12.5 Å². The average molecular weight is 235 g/mol. The zero-order valence-electron chi connectivity index (χ0n) is 9.32. The summed E-state index contributed by atoms with van der Waals surface area (Å²) in [7, 11) is 0. The fraction of sp³-hybridized carbons (Fsp3) is 0.615. The Kier molecular flexibility index (Phi) is 2.72. The van der Waals surface area contributed by atoms with Crippen LogP contribution in [0.3, 0.4) is 0 Å². The molecule has 0 spiro atoms. The summed E-state index contributed by atoms with van der Waals surface area (Å²) in [5.74, 6) is 1.88. The fourth-order valence-corrected chi connectivity index (χ4v) is 3.95. The van der Waals surface area contributed by atoms with Crippen molar-refractivity contribution in [3.05, 3.63) is 22.4 Å². The number of hydrogen-bond acceptors (Lipinski definition) is 2. The van der Waals surface area contributed by atoms with E-state index < -0.39 is 0 Å². The Bertz CT molecular complexity index is 373. The second-order valence-corrected chi connectivity index (χ2v) is 6.14. The van der Waals surface area contributed by atoms with Crippen LogP contribution >= 0.6 is 11.3 Å². The van der Waals surface area contributed by atoms with Gasteiger partial charge in [-0.25, -0.2) is 0 Å². The molecule has 1 aromatic rings. The minimum absolute atomic E-state index is 0.208. The first kappa shape index (κ1) is 10.3. The van der Waals surface area contributed by atoms with Crippen molar-refractivity contribution < 1.29 is 4.79 Å². The van der Waals surface area contributed by atoms with Gasteiger partial charge in [-0.3, -0.25) is 4.79 Å². The summed E-state index contributed by atoms with van der Waals surface area (Å²) in [4.78, 5) is 13.0. The van der Waals surface area contributed by atoms with E-state index in [4.69, 9.17) is 0 Å². The quantitative estimate of drug-likeness (QED) is 0.857. The molecule has 1 aromatic heterocycles. The first-order valence-electron chi connectivity index (χ1n) is 6.13. The Labute approximate surface area is 100 Å². The van der Waals surface area contributed by atoms with Crippen molar-refractivity contribution in [2.75, 3.05) is 0 Å². The molecule has 16 heavy (non-hydrogen) atoms. The van der Waals surface area contributed by atoms with E-state index in [2.05, 4.69) is 5.32 Å². The standard InChI is InChI=1S/C13H17NOS/c15-13(8-11-2-1-5-16-11)14-12-7-9-3-4-10(12)6-9/h1-2,5,9-10,12H,3-4,6-8H2,(H,14,15)/t9-,10+,12+/m0/s1. The number of amides is 1. The Balaban J connectivity index is 1.53. The molecule has 0 saturated heterocycles. The minimum atomic E-state index is 0.208. The van der Waals surface area contributed by atoms with Crippen LogP contribution in [-0.4, -0.2) is 11.9 Å². The Morgan fingerprint density at radius 3 is 3.00 bits per heavy atom. The van der Waals surface area contributed by atoms with Crippen LogP contribution in [-0.2, 0) is 11.2 Å². The molecule has 0 aromatic carbocycles. The van der Waals surface area contributed by atoms with Crippen molar-refractivity contribution in [1.29, 1.82) is 0 Å². The summed E-state index contributed by atoms with van der Waals surface area (Å²) in [6, 6.07) is 4.52. The Morgan fingerprint density at radius 2 is 2.38 bits per heavy atom.